The average molecular weight is 166 g/mol. The fourth-order valence-electron chi connectivity index (χ4n) is 1.21. The maximum atomic E-state index is 5.47. The normalized spacial score (nSPS) is 12.1. The molecule has 1 rings (SSSR count). The molecule has 1 aromatic rings. The predicted octanol–water partition coefficient (Wildman–Crippen LogP) is 3.49. The SMILES string of the molecule is Cc1coc(CC(C)(C)C)c1C. The summed E-state index contributed by atoms with van der Waals surface area (Å²) >= 11 is 0. The third-order valence-electron chi connectivity index (χ3n) is 2.08. The number of hydrogen-bond donors (Lipinski definition) is 0. The van der Waals surface area contributed by atoms with Crippen molar-refractivity contribution in [3.8, 4) is 0 Å². The van der Waals surface area contributed by atoms with Crippen LogP contribution < -0.4 is 0 Å². The molecule has 0 amide bonds. The summed E-state index contributed by atoms with van der Waals surface area (Å²) in [7, 11) is 0. The van der Waals surface area contributed by atoms with Gasteiger partial charge in [0, 0.05) is 6.42 Å². The van der Waals surface area contributed by atoms with Crippen LogP contribution in [0.3, 0.4) is 0 Å². The van der Waals surface area contributed by atoms with Crippen LogP contribution in [-0.2, 0) is 6.42 Å². The molecule has 0 spiro atoms. The average Bonchev–Trinajstić information content (AvgIpc) is 2.16. The van der Waals surface area contributed by atoms with Gasteiger partial charge in [0.2, 0.25) is 0 Å². The van der Waals surface area contributed by atoms with Gasteiger partial charge in [-0.15, -0.1) is 0 Å². The lowest BCUT2D eigenvalue weighted by Crippen LogP contribution is -2.09. The van der Waals surface area contributed by atoms with Crippen LogP contribution >= 0.6 is 0 Å². The summed E-state index contributed by atoms with van der Waals surface area (Å²) in [4.78, 5) is 0. The van der Waals surface area contributed by atoms with Crippen LogP contribution in [-0.4, -0.2) is 0 Å². The molecule has 1 heteroatoms. The Labute approximate surface area is 74.8 Å². The first-order valence-corrected chi connectivity index (χ1v) is 4.44. The molecule has 12 heavy (non-hydrogen) atoms. The molecule has 68 valence electrons. The standard InChI is InChI=1S/C11H18O/c1-8-7-12-10(9(8)2)6-11(3,4)5/h7H,6H2,1-5H3. The highest BCUT2D eigenvalue weighted by Gasteiger charge is 2.16. The van der Waals surface area contributed by atoms with Gasteiger partial charge in [-0.1, -0.05) is 20.8 Å². The molecule has 0 fully saturated rings. The van der Waals surface area contributed by atoms with Crippen LogP contribution in [0, 0.1) is 19.3 Å². The summed E-state index contributed by atoms with van der Waals surface area (Å²) in [5.74, 6) is 1.14. The molecule has 0 unspecified atom stereocenters. The van der Waals surface area contributed by atoms with Crippen molar-refractivity contribution < 1.29 is 4.42 Å². The Bertz CT molecular complexity index is 263. The highest BCUT2D eigenvalue weighted by molar-refractivity contribution is 5.25. The topological polar surface area (TPSA) is 13.1 Å². The van der Waals surface area contributed by atoms with Crippen molar-refractivity contribution in [3.05, 3.63) is 23.2 Å². The van der Waals surface area contributed by atoms with Crippen LogP contribution in [0.5, 0.6) is 0 Å². The van der Waals surface area contributed by atoms with Crippen molar-refractivity contribution in [3.63, 3.8) is 0 Å². The zero-order valence-corrected chi connectivity index (χ0v) is 8.69. The van der Waals surface area contributed by atoms with Crippen LogP contribution in [0.25, 0.3) is 0 Å². The van der Waals surface area contributed by atoms with Crippen molar-refractivity contribution in [1.29, 1.82) is 0 Å². The van der Waals surface area contributed by atoms with Crippen molar-refractivity contribution in [2.24, 2.45) is 5.41 Å². The quantitative estimate of drug-likeness (QED) is 0.622. The van der Waals surface area contributed by atoms with E-state index in [0.29, 0.717) is 5.41 Å². The number of rotatable bonds is 1. The van der Waals surface area contributed by atoms with E-state index in [4.69, 9.17) is 4.42 Å². The second kappa shape index (κ2) is 2.96. The Hall–Kier alpha value is -0.720. The number of hydrogen-bond acceptors (Lipinski definition) is 1. The molecule has 0 aliphatic rings. The lowest BCUT2D eigenvalue weighted by Gasteiger charge is -2.16. The van der Waals surface area contributed by atoms with E-state index in [1.165, 1.54) is 11.1 Å². The van der Waals surface area contributed by atoms with E-state index in [9.17, 15) is 0 Å². The molecule has 0 aromatic carbocycles. The van der Waals surface area contributed by atoms with E-state index >= 15 is 0 Å². The van der Waals surface area contributed by atoms with Crippen LogP contribution in [0.15, 0.2) is 10.7 Å². The Kier molecular flexibility index (Phi) is 2.31. The largest absolute Gasteiger partial charge is 0.469 e. The van der Waals surface area contributed by atoms with Crippen LogP contribution in [0.1, 0.15) is 37.7 Å². The first kappa shape index (κ1) is 9.37. The van der Waals surface area contributed by atoms with Gasteiger partial charge in [-0.05, 0) is 30.4 Å². The summed E-state index contributed by atoms with van der Waals surface area (Å²) in [5, 5.41) is 0. The molecule has 1 nitrogen and oxygen atoms in total. The minimum Gasteiger partial charge on any atom is -0.469 e. The van der Waals surface area contributed by atoms with Crippen LogP contribution in [0.2, 0.25) is 0 Å². The zero-order chi connectivity index (χ0) is 9.35. The Morgan fingerprint density at radius 3 is 2.17 bits per heavy atom. The van der Waals surface area contributed by atoms with Gasteiger partial charge in [0.1, 0.15) is 5.76 Å². The second-order valence-corrected chi connectivity index (χ2v) is 4.70. The van der Waals surface area contributed by atoms with E-state index in [1.54, 1.807) is 0 Å². The first-order chi connectivity index (χ1) is 5.40. The Morgan fingerprint density at radius 1 is 1.25 bits per heavy atom. The van der Waals surface area contributed by atoms with E-state index in [-0.39, 0.29) is 0 Å². The van der Waals surface area contributed by atoms with Gasteiger partial charge in [0.15, 0.2) is 0 Å². The summed E-state index contributed by atoms with van der Waals surface area (Å²) in [6.45, 7) is 10.9. The molecule has 1 aromatic heterocycles. The van der Waals surface area contributed by atoms with Gasteiger partial charge in [0.25, 0.3) is 0 Å². The molecular weight excluding hydrogens is 148 g/mol. The molecule has 0 aliphatic carbocycles. The highest BCUT2D eigenvalue weighted by Crippen LogP contribution is 2.25. The van der Waals surface area contributed by atoms with Gasteiger partial charge in [0.05, 0.1) is 6.26 Å². The van der Waals surface area contributed by atoms with Crippen molar-refractivity contribution in [2.45, 2.75) is 41.0 Å². The van der Waals surface area contributed by atoms with Crippen LogP contribution in [0.4, 0.5) is 0 Å². The molecule has 0 saturated carbocycles. The first-order valence-electron chi connectivity index (χ1n) is 4.44. The minimum absolute atomic E-state index is 0.315. The number of aryl methyl sites for hydroxylation is 1. The third-order valence-corrected chi connectivity index (χ3v) is 2.08. The van der Waals surface area contributed by atoms with Crippen molar-refractivity contribution in [1.82, 2.24) is 0 Å². The molecule has 1 heterocycles. The molecule has 0 bridgehead atoms. The van der Waals surface area contributed by atoms with Gasteiger partial charge in [-0.25, -0.2) is 0 Å². The Balaban J connectivity index is 2.83. The molecular formula is C11H18O. The third kappa shape index (κ3) is 2.13. The molecule has 0 aliphatic heterocycles. The lowest BCUT2D eigenvalue weighted by atomic mass is 9.90. The molecule has 0 saturated heterocycles. The highest BCUT2D eigenvalue weighted by atomic mass is 16.3. The smallest absolute Gasteiger partial charge is 0.107 e. The maximum absolute atomic E-state index is 5.47. The van der Waals surface area contributed by atoms with Gasteiger partial charge >= 0.3 is 0 Å². The van der Waals surface area contributed by atoms with Crippen molar-refractivity contribution in [2.75, 3.05) is 0 Å². The van der Waals surface area contributed by atoms with Gasteiger partial charge in [-0.3, -0.25) is 0 Å². The van der Waals surface area contributed by atoms with Crippen molar-refractivity contribution >= 4 is 0 Å². The minimum atomic E-state index is 0.315. The monoisotopic (exact) mass is 166 g/mol. The summed E-state index contributed by atoms with van der Waals surface area (Å²) in [5.41, 5.74) is 2.88. The van der Waals surface area contributed by atoms with E-state index in [2.05, 4.69) is 34.6 Å². The Morgan fingerprint density at radius 2 is 1.83 bits per heavy atom. The summed E-state index contributed by atoms with van der Waals surface area (Å²) in [6, 6.07) is 0. The predicted molar refractivity (Wildman–Crippen MR) is 51.3 cm³/mol. The fraction of sp³-hybridized carbons (Fsp3) is 0.636. The molecule has 0 atom stereocenters. The summed E-state index contributed by atoms with van der Waals surface area (Å²) < 4.78 is 5.47. The van der Waals surface area contributed by atoms with Gasteiger partial charge in [-0.2, -0.15) is 0 Å². The molecule has 0 radical (unpaired) electrons. The summed E-state index contributed by atoms with van der Waals surface area (Å²) in [6.07, 6.45) is 2.86. The van der Waals surface area contributed by atoms with Gasteiger partial charge < -0.3 is 4.42 Å². The van der Waals surface area contributed by atoms with E-state index < -0.39 is 0 Å². The second-order valence-electron chi connectivity index (χ2n) is 4.70. The maximum Gasteiger partial charge on any atom is 0.107 e. The number of furan rings is 1. The van der Waals surface area contributed by atoms with E-state index in [1.807, 2.05) is 6.26 Å². The zero-order valence-electron chi connectivity index (χ0n) is 8.69. The van der Waals surface area contributed by atoms with E-state index in [0.717, 1.165) is 12.2 Å². The fourth-order valence-corrected chi connectivity index (χ4v) is 1.21. The molecule has 0 N–H and O–H groups in total. The lowest BCUT2D eigenvalue weighted by molar-refractivity contribution is 0.361.